The molecule has 1 aromatic heterocycles. The van der Waals surface area contributed by atoms with Crippen LogP contribution in [0.15, 0.2) is 42.6 Å². The highest BCUT2D eigenvalue weighted by Gasteiger charge is 2.36. The van der Waals surface area contributed by atoms with E-state index >= 15 is 0 Å². The number of amides is 2. The van der Waals surface area contributed by atoms with Crippen molar-refractivity contribution in [2.24, 2.45) is 5.73 Å². The Morgan fingerprint density at radius 3 is 2.11 bits per heavy atom. The molecule has 2 amide bonds. The van der Waals surface area contributed by atoms with Crippen LogP contribution in [-0.2, 0) is 6.54 Å². The second-order valence-corrected chi connectivity index (χ2v) is 4.22. The van der Waals surface area contributed by atoms with Gasteiger partial charge in [0.05, 0.1) is 11.1 Å². The monoisotopic (exact) mass is 253 g/mol. The molecule has 2 N–H and O–H groups in total. The molecule has 0 aliphatic carbocycles. The van der Waals surface area contributed by atoms with Gasteiger partial charge in [-0.25, -0.2) is 9.88 Å². The van der Waals surface area contributed by atoms with Crippen molar-refractivity contribution in [3.63, 3.8) is 0 Å². The van der Waals surface area contributed by atoms with Crippen LogP contribution in [0.5, 0.6) is 0 Å². The Morgan fingerprint density at radius 2 is 1.63 bits per heavy atom. The number of hydrogen-bond acceptors (Lipinski definition) is 4. The van der Waals surface area contributed by atoms with Crippen LogP contribution in [0.2, 0.25) is 0 Å². The molecule has 0 fully saturated rings. The van der Waals surface area contributed by atoms with Crippen LogP contribution in [0, 0.1) is 0 Å². The van der Waals surface area contributed by atoms with Gasteiger partial charge in [0, 0.05) is 12.7 Å². The van der Waals surface area contributed by atoms with Crippen molar-refractivity contribution in [2.45, 2.75) is 6.54 Å². The Kier molecular flexibility index (Phi) is 2.61. The summed E-state index contributed by atoms with van der Waals surface area (Å²) in [7, 11) is 0. The number of pyridine rings is 1. The number of hydrogen-bond donors (Lipinski definition) is 1. The normalized spacial score (nSPS) is 13.8. The largest absolute Gasteiger partial charge is 0.326 e. The van der Waals surface area contributed by atoms with E-state index in [1.807, 2.05) is 0 Å². The predicted molar refractivity (Wildman–Crippen MR) is 69.7 cm³/mol. The highest BCUT2D eigenvalue weighted by molar-refractivity contribution is 6.34. The molecule has 0 radical (unpaired) electrons. The number of aromatic nitrogens is 1. The van der Waals surface area contributed by atoms with Crippen LogP contribution in [0.4, 0.5) is 5.82 Å². The van der Waals surface area contributed by atoms with Gasteiger partial charge in [0.25, 0.3) is 11.8 Å². The van der Waals surface area contributed by atoms with Gasteiger partial charge in [-0.15, -0.1) is 0 Å². The third kappa shape index (κ3) is 1.71. The molecule has 3 rings (SSSR count). The summed E-state index contributed by atoms with van der Waals surface area (Å²) in [5, 5.41) is 0. The number of anilines is 1. The second-order valence-electron chi connectivity index (χ2n) is 4.22. The fourth-order valence-corrected chi connectivity index (χ4v) is 2.07. The van der Waals surface area contributed by atoms with Crippen molar-refractivity contribution in [3.05, 3.63) is 59.3 Å². The summed E-state index contributed by atoms with van der Waals surface area (Å²) in [5.41, 5.74) is 7.17. The minimum absolute atomic E-state index is 0.323. The summed E-state index contributed by atoms with van der Waals surface area (Å²) < 4.78 is 0. The number of benzene rings is 1. The Hall–Kier alpha value is -2.53. The van der Waals surface area contributed by atoms with Gasteiger partial charge >= 0.3 is 0 Å². The van der Waals surface area contributed by atoms with E-state index in [9.17, 15) is 9.59 Å². The maximum absolute atomic E-state index is 12.2. The quantitative estimate of drug-likeness (QED) is 0.819. The summed E-state index contributed by atoms with van der Waals surface area (Å²) in [5.74, 6) is -0.356. The Balaban J connectivity index is 2.03. The van der Waals surface area contributed by atoms with Crippen molar-refractivity contribution in [1.82, 2.24) is 4.98 Å². The van der Waals surface area contributed by atoms with E-state index in [4.69, 9.17) is 5.73 Å². The lowest BCUT2D eigenvalue weighted by Gasteiger charge is -2.12. The predicted octanol–water partition coefficient (Wildman–Crippen LogP) is 1.34. The van der Waals surface area contributed by atoms with Crippen molar-refractivity contribution in [2.75, 3.05) is 4.90 Å². The first kappa shape index (κ1) is 11.6. The molecule has 2 heterocycles. The molecule has 5 heteroatoms. The SMILES string of the molecule is NCc1ccc(N2C(=O)c3ccccc3C2=O)nc1. The van der Waals surface area contributed by atoms with Gasteiger partial charge < -0.3 is 5.73 Å². The molecule has 1 aliphatic heterocycles. The lowest BCUT2D eigenvalue weighted by Crippen LogP contribution is -2.30. The summed E-state index contributed by atoms with van der Waals surface area (Å²) >= 11 is 0. The molecule has 0 bridgehead atoms. The van der Waals surface area contributed by atoms with Gasteiger partial charge in [0.2, 0.25) is 0 Å². The first-order valence-electron chi connectivity index (χ1n) is 5.85. The number of nitrogens with two attached hydrogens (primary N) is 1. The van der Waals surface area contributed by atoms with E-state index in [1.165, 1.54) is 0 Å². The van der Waals surface area contributed by atoms with Crippen LogP contribution in [0.3, 0.4) is 0 Å². The van der Waals surface area contributed by atoms with Crippen LogP contribution >= 0.6 is 0 Å². The number of nitrogens with zero attached hydrogens (tertiary/aromatic N) is 2. The van der Waals surface area contributed by atoms with Crippen molar-refractivity contribution >= 4 is 17.6 Å². The van der Waals surface area contributed by atoms with E-state index < -0.39 is 0 Å². The van der Waals surface area contributed by atoms with E-state index in [1.54, 1.807) is 42.6 Å². The summed E-state index contributed by atoms with van der Waals surface area (Å²) in [4.78, 5) is 29.6. The molecular formula is C14H11N3O2. The van der Waals surface area contributed by atoms with Crippen LogP contribution in [0.1, 0.15) is 26.3 Å². The average Bonchev–Trinajstić information content (AvgIpc) is 2.72. The van der Waals surface area contributed by atoms with Gasteiger partial charge in [0.15, 0.2) is 0 Å². The number of imide groups is 1. The number of rotatable bonds is 2. The molecule has 1 aromatic carbocycles. The Labute approximate surface area is 109 Å². The molecule has 0 spiro atoms. The zero-order chi connectivity index (χ0) is 13.4. The van der Waals surface area contributed by atoms with Gasteiger partial charge in [-0.05, 0) is 23.8 Å². The van der Waals surface area contributed by atoms with Gasteiger partial charge in [0.1, 0.15) is 5.82 Å². The minimum atomic E-state index is -0.339. The van der Waals surface area contributed by atoms with Gasteiger partial charge in [-0.1, -0.05) is 18.2 Å². The topological polar surface area (TPSA) is 76.3 Å². The van der Waals surface area contributed by atoms with Gasteiger partial charge in [-0.2, -0.15) is 0 Å². The van der Waals surface area contributed by atoms with Crippen LogP contribution < -0.4 is 10.6 Å². The smallest absolute Gasteiger partial charge is 0.267 e. The molecular weight excluding hydrogens is 242 g/mol. The van der Waals surface area contributed by atoms with Crippen molar-refractivity contribution in [3.8, 4) is 0 Å². The van der Waals surface area contributed by atoms with E-state index in [-0.39, 0.29) is 11.8 Å². The lowest BCUT2D eigenvalue weighted by molar-refractivity contribution is 0.0925. The van der Waals surface area contributed by atoms with E-state index in [2.05, 4.69) is 4.98 Å². The number of carbonyl (C=O) groups excluding carboxylic acids is 2. The average molecular weight is 253 g/mol. The third-order valence-corrected chi connectivity index (χ3v) is 3.07. The fraction of sp³-hybridized carbons (Fsp3) is 0.0714. The Morgan fingerprint density at radius 1 is 1.00 bits per heavy atom. The molecule has 94 valence electrons. The first-order chi connectivity index (χ1) is 9.22. The lowest BCUT2D eigenvalue weighted by atomic mass is 10.1. The molecule has 1 aliphatic rings. The summed E-state index contributed by atoms with van der Waals surface area (Å²) in [6.07, 6.45) is 1.57. The van der Waals surface area contributed by atoms with E-state index in [0.29, 0.717) is 23.5 Å². The Bertz CT molecular complexity index is 630. The number of fused-ring (bicyclic) bond motifs is 1. The standard InChI is InChI=1S/C14H11N3O2/c15-7-9-5-6-12(16-8-9)17-13(18)10-3-1-2-4-11(10)14(17)19/h1-6,8H,7,15H2. The minimum Gasteiger partial charge on any atom is -0.326 e. The van der Waals surface area contributed by atoms with Crippen molar-refractivity contribution in [1.29, 1.82) is 0 Å². The molecule has 19 heavy (non-hydrogen) atoms. The summed E-state index contributed by atoms with van der Waals surface area (Å²) in [6.45, 7) is 0.370. The zero-order valence-electron chi connectivity index (χ0n) is 10.0. The number of carbonyl (C=O) groups is 2. The maximum atomic E-state index is 12.2. The highest BCUT2D eigenvalue weighted by Crippen LogP contribution is 2.26. The molecule has 0 saturated carbocycles. The van der Waals surface area contributed by atoms with Gasteiger partial charge in [-0.3, -0.25) is 9.59 Å². The highest BCUT2D eigenvalue weighted by atomic mass is 16.2. The molecule has 0 unspecified atom stereocenters. The first-order valence-corrected chi connectivity index (χ1v) is 5.85. The van der Waals surface area contributed by atoms with Crippen LogP contribution in [-0.4, -0.2) is 16.8 Å². The molecule has 0 atom stereocenters. The second kappa shape index (κ2) is 4.29. The molecule has 2 aromatic rings. The molecule has 5 nitrogen and oxygen atoms in total. The summed E-state index contributed by atoms with van der Waals surface area (Å²) in [6, 6.07) is 10.1. The van der Waals surface area contributed by atoms with E-state index in [0.717, 1.165) is 10.5 Å². The molecule has 0 saturated heterocycles. The zero-order valence-corrected chi connectivity index (χ0v) is 10.0. The van der Waals surface area contributed by atoms with Crippen molar-refractivity contribution < 1.29 is 9.59 Å². The van der Waals surface area contributed by atoms with Crippen LogP contribution in [0.25, 0.3) is 0 Å². The maximum Gasteiger partial charge on any atom is 0.267 e. The third-order valence-electron chi connectivity index (χ3n) is 3.07. The fourth-order valence-electron chi connectivity index (χ4n) is 2.07.